The fourth-order valence-electron chi connectivity index (χ4n) is 1.75. The normalized spacial score (nSPS) is 10.9. The van der Waals surface area contributed by atoms with Crippen LogP contribution in [0.15, 0.2) is 23.6 Å². The first-order valence-corrected chi connectivity index (χ1v) is 7.42. The number of nitrogens with one attached hydrogen (secondary N) is 1. The molecule has 0 aliphatic heterocycles. The minimum absolute atomic E-state index is 0. The number of nitrogens with zero attached hydrogens (tertiary/aromatic N) is 1. The molecular formula is C14H15ClF3N3O2S. The Balaban J connectivity index is 0.00000288. The second-order valence-electron chi connectivity index (χ2n) is 4.67. The fourth-order valence-corrected chi connectivity index (χ4v) is 2.41. The molecule has 0 aliphatic rings. The Morgan fingerprint density at radius 2 is 2.12 bits per heavy atom. The molecule has 1 amide bonds. The highest BCUT2D eigenvalue weighted by atomic mass is 35.5. The number of hydrogen-bond donors (Lipinski definition) is 2. The third kappa shape index (κ3) is 5.66. The Labute approximate surface area is 146 Å². The van der Waals surface area contributed by atoms with Crippen LogP contribution in [0.4, 0.5) is 18.9 Å². The first kappa shape index (κ1) is 20.2. The van der Waals surface area contributed by atoms with Crippen molar-refractivity contribution in [1.29, 1.82) is 0 Å². The number of nitrogens with two attached hydrogens (primary N) is 1. The summed E-state index contributed by atoms with van der Waals surface area (Å²) in [4.78, 5) is 16.1. The van der Waals surface area contributed by atoms with Gasteiger partial charge in [0.2, 0.25) is 0 Å². The van der Waals surface area contributed by atoms with Crippen LogP contribution in [-0.4, -0.2) is 23.7 Å². The highest BCUT2D eigenvalue weighted by Crippen LogP contribution is 2.25. The second kappa shape index (κ2) is 8.32. The lowest BCUT2D eigenvalue weighted by Gasteiger charge is -2.12. The van der Waals surface area contributed by atoms with E-state index in [9.17, 15) is 18.0 Å². The zero-order valence-corrected chi connectivity index (χ0v) is 14.1. The van der Waals surface area contributed by atoms with Crippen LogP contribution in [0.3, 0.4) is 0 Å². The number of rotatable bonds is 5. The largest absolute Gasteiger partial charge is 0.484 e. The Bertz CT molecular complexity index is 707. The zero-order chi connectivity index (χ0) is 17.0. The number of carbonyl (C=O) groups is 1. The van der Waals surface area contributed by atoms with E-state index in [2.05, 4.69) is 10.3 Å². The second-order valence-corrected chi connectivity index (χ2v) is 5.61. The van der Waals surface area contributed by atoms with Gasteiger partial charge >= 0.3 is 6.18 Å². The quantitative estimate of drug-likeness (QED) is 0.830. The standard InChI is InChI=1S/C14H14F3N3O2S.ClH/c1-8-4-9(2-3-11(8)22-7-14(15,16)17)19-13(21)10-6-23-12(5-18)20-10;/h2-4,6H,5,7,18H2,1H3,(H,19,21);1H. The van der Waals surface area contributed by atoms with Crippen molar-refractivity contribution in [2.75, 3.05) is 11.9 Å². The van der Waals surface area contributed by atoms with Gasteiger partial charge in [0.1, 0.15) is 16.5 Å². The predicted molar refractivity (Wildman–Crippen MR) is 87.9 cm³/mol. The highest BCUT2D eigenvalue weighted by Gasteiger charge is 2.28. The van der Waals surface area contributed by atoms with E-state index >= 15 is 0 Å². The van der Waals surface area contributed by atoms with E-state index < -0.39 is 18.7 Å². The molecule has 0 saturated heterocycles. The summed E-state index contributed by atoms with van der Waals surface area (Å²) in [7, 11) is 0. The number of aromatic nitrogens is 1. The number of amides is 1. The van der Waals surface area contributed by atoms with Gasteiger partial charge in [-0.25, -0.2) is 4.98 Å². The van der Waals surface area contributed by atoms with Crippen LogP contribution in [0.1, 0.15) is 21.1 Å². The van der Waals surface area contributed by atoms with E-state index in [1.165, 1.54) is 29.5 Å². The topological polar surface area (TPSA) is 77.2 Å². The van der Waals surface area contributed by atoms with Crippen molar-refractivity contribution >= 4 is 35.3 Å². The number of carbonyl (C=O) groups excluding carboxylic acids is 1. The van der Waals surface area contributed by atoms with E-state index in [1.54, 1.807) is 12.3 Å². The molecule has 0 atom stereocenters. The summed E-state index contributed by atoms with van der Waals surface area (Å²) in [6.07, 6.45) is -4.40. The van der Waals surface area contributed by atoms with E-state index in [0.29, 0.717) is 16.3 Å². The first-order valence-electron chi connectivity index (χ1n) is 6.54. The average Bonchev–Trinajstić information content (AvgIpc) is 2.94. The molecule has 0 unspecified atom stereocenters. The van der Waals surface area contributed by atoms with Crippen molar-refractivity contribution in [2.45, 2.75) is 19.6 Å². The number of alkyl halides is 3. The molecule has 5 nitrogen and oxygen atoms in total. The third-order valence-corrected chi connectivity index (χ3v) is 3.65. The van der Waals surface area contributed by atoms with Gasteiger partial charge in [0.25, 0.3) is 5.91 Å². The summed E-state index contributed by atoms with van der Waals surface area (Å²) >= 11 is 1.28. The monoisotopic (exact) mass is 381 g/mol. The number of thiazole rings is 1. The van der Waals surface area contributed by atoms with Gasteiger partial charge in [0.05, 0.1) is 0 Å². The van der Waals surface area contributed by atoms with Crippen LogP contribution in [0, 0.1) is 6.92 Å². The summed E-state index contributed by atoms with van der Waals surface area (Å²) in [5.41, 5.74) is 6.59. The molecule has 1 heterocycles. The van der Waals surface area contributed by atoms with Crippen molar-refractivity contribution in [3.05, 3.63) is 39.8 Å². The molecule has 1 aromatic heterocycles. The Morgan fingerprint density at radius 3 is 2.67 bits per heavy atom. The molecule has 132 valence electrons. The molecule has 0 bridgehead atoms. The number of ether oxygens (including phenoxy) is 1. The lowest BCUT2D eigenvalue weighted by Crippen LogP contribution is -2.19. The minimum atomic E-state index is -4.40. The SMILES string of the molecule is Cc1cc(NC(=O)c2csc(CN)n2)ccc1OCC(F)(F)F.Cl. The first-order chi connectivity index (χ1) is 10.8. The number of hydrogen-bond acceptors (Lipinski definition) is 5. The van der Waals surface area contributed by atoms with Gasteiger partial charge in [-0.3, -0.25) is 4.79 Å². The number of aryl methyl sites for hydroxylation is 1. The summed E-state index contributed by atoms with van der Waals surface area (Å²) in [5.74, 6) is -0.302. The molecule has 0 saturated carbocycles. The van der Waals surface area contributed by atoms with Crippen LogP contribution >= 0.6 is 23.7 Å². The Morgan fingerprint density at radius 1 is 1.42 bits per heavy atom. The number of halogens is 4. The molecule has 2 rings (SSSR count). The van der Waals surface area contributed by atoms with E-state index in [0.717, 1.165) is 0 Å². The third-order valence-electron chi connectivity index (χ3n) is 2.78. The molecule has 10 heteroatoms. The fraction of sp³-hybridized carbons (Fsp3) is 0.286. The summed E-state index contributed by atoms with van der Waals surface area (Å²) in [6.45, 7) is 0.485. The van der Waals surface area contributed by atoms with Crippen molar-refractivity contribution in [3.63, 3.8) is 0 Å². The van der Waals surface area contributed by atoms with Crippen LogP contribution in [0.25, 0.3) is 0 Å². The molecule has 1 aromatic carbocycles. The van der Waals surface area contributed by atoms with Crippen LogP contribution in [-0.2, 0) is 6.54 Å². The Hall–Kier alpha value is -1.84. The minimum Gasteiger partial charge on any atom is -0.484 e. The van der Waals surface area contributed by atoms with Crippen LogP contribution in [0.2, 0.25) is 0 Å². The van der Waals surface area contributed by atoms with Crippen molar-refractivity contribution < 1.29 is 22.7 Å². The summed E-state index contributed by atoms with van der Waals surface area (Å²) < 4.78 is 41.1. The molecule has 0 aliphatic carbocycles. The molecular weight excluding hydrogens is 367 g/mol. The molecule has 0 spiro atoms. The average molecular weight is 382 g/mol. The lowest BCUT2D eigenvalue weighted by molar-refractivity contribution is -0.153. The van der Waals surface area contributed by atoms with Crippen molar-refractivity contribution in [1.82, 2.24) is 4.98 Å². The maximum absolute atomic E-state index is 12.1. The van der Waals surface area contributed by atoms with E-state index in [1.807, 2.05) is 0 Å². The molecule has 2 aromatic rings. The molecule has 24 heavy (non-hydrogen) atoms. The Kier molecular flexibility index (Phi) is 7.00. The van der Waals surface area contributed by atoms with E-state index in [-0.39, 0.29) is 30.4 Å². The molecule has 3 N–H and O–H groups in total. The predicted octanol–water partition coefficient (Wildman–Crippen LogP) is 3.53. The lowest BCUT2D eigenvalue weighted by atomic mass is 10.2. The maximum atomic E-state index is 12.1. The van der Waals surface area contributed by atoms with Gasteiger partial charge in [-0.2, -0.15) is 13.2 Å². The van der Waals surface area contributed by atoms with Gasteiger partial charge < -0.3 is 15.8 Å². The highest BCUT2D eigenvalue weighted by molar-refractivity contribution is 7.09. The van der Waals surface area contributed by atoms with Crippen molar-refractivity contribution in [3.8, 4) is 5.75 Å². The van der Waals surface area contributed by atoms with Gasteiger partial charge in [-0.1, -0.05) is 0 Å². The number of anilines is 1. The van der Waals surface area contributed by atoms with Gasteiger partial charge in [-0.05, 0) is 30.7 Å². The van der Waals surface area contributed by atoms with Crippen LogP contribution < -0.4 is 15.8 Å². The van der Waals surface area contributed by atoms with Crippen LogP contribution in [0.5, 0.6) is 5.75 Å². The zero-order valence-electron chi connectivity index (χ0n) is 12.5. The van der Waals surface area contributed by atoms with E-state index in [4.69, 9.17) is 10.5 Å². The smallest absolute Gasteiger partial charge is 0.422 e. The van der Waals surface area contributed by atoms with Gasteiger partial charge in [0.15, 0.2) is 6.61 Å². The summed E-state index contributed by atoms with van der Waals surface area (Å²) in [6, 6.07) is 4.37. The van der Waals surface area contributed by atoms with Gasteiger partial charge in [0, 0.05) is 17.6 Å². The number of benzene rings is 1. The van der Waals surface area contributed by atoms with Crippen molar-refractivity contribution in [2.24, 2.45) is 5.73 Å². The molecule has 0 radical (unpaired) electrons. The summed E-state index contributed by atoms with van der Waals surface area (Å²) in [5, 5.41) is 4.85. The molecule has 0 fully saturated rings. The maximum Gasteiger partial charge on any atom is 0.422 e. The van der Waals surface area contributed by atoms with Gasteiger partial charge in [-0.15, -0.1) is 23.7 Å².